The van der Waals surface area contributed by atoms with Gasteiger partial charge in [-0.05, 0) is 83.1 Å². The minimum Gasteiger partial charge on any atom is -0.462 e. The summed E-state index contributed by atoms with van der Waals surface area (Å²) in [6.45, 7) is 18.8. The Labute approximate surface area is 213 Å². The van der Waals surface area contributed by atoms with Crippen molar-refractivity contribution < 1.29 is 47.3 Å². The van der Waals surface area contributed by atoms with Crippen molar-refractivity contribution in [1.82, 2.24) is 0 Å². The third-order valence-electron chi connectivity index (χ3n) is 5.13. The molecule has 1 aliphatic heterocycles. The second-order valence-electron chi connectivity index (χ2n) is 13.2. The minimum absolute atomic E-state index is 0.484. The molecule has 1 aliphatic rings. The van der Waals surface area contributed by atoms with Crippen LogP contribution in [0.25, 0.3) is 0 Å². The topological polar surface area (TPSA) is 114 Å². The molecule has 0 unspecified atom stereocenters. The van der Waals surface area contributed by atoms with Crippen molar-refractivity contribution in [3.63, 3.8) is 0 Å². The Kier molecular flexibility index (Phi) is 9.74. The van der Waals surface area contributed by atoms with Crippen LogP contribution in [-0.2, 0) is 42.9 Å². The molecule has 0 radical (unpaired) electrons. The molecule has 9 nitrogen and oxygen atoms in total. The molecule has 0 amide bonds. The van der Waals surface area contributed by atoms with Crippen LogP contribution in [0.1, 0.15) is 83.1 Å². The monoisotopic (exact) mass is 518 g/mol. The molecule has 208 valence electrons. The Morgan fingerprint density at radius 3 is 1.28 bits per heavy atom. The maximum atomic E-state index is 15.4. The first-order valence-corrected chi connectivity index (χ1v) is 12.1. The number of ether oxygens (including phenoxy) is 5. The molecule has 0 spiro atoms. The zero-order valence-corrected chi connectivity index (χ0v) is 23.6. The van der Waals surface area contributed by atoms with E-state index in [0.717, 1.165) is 0 Å². The summed E-state index contributed by atoms with van der Waals surface area (Å²) < 4.78 is 42.8. The molecular formula is C26H43FO9. The number of esters is 4. The first-order valence-electron chi connectivity index (χ1n) is 12.1. The lowest BCUT2D eigenvalue weighted by Gasteiger charge is -2.43. The highest BCUT2D eigenvalue weighted by Gasteiger charge is 2.55. The van der Waals surface area contributed by atoms with Crippen LogP contribution in [0.3, 0.4) is 0 Å². The molecule has 10 heteroatoms. The number of alkyl halides is 1. The number of halogens is 1. The zero-order chi connectivity index (χ0) is 28.4. The second-order valence-corrected chi connectivity index (χ2v) is 13.2. The van der Waals surface area contributed by atoms with E-state index in [0.29, 0.717) is 0 Å². The third kappa shape index (κ3) is 8.71. The van der Waals surface area contributed by atoms with E-state index in [-0.39, 0.29) is 0 Å². The molecule has 5 atom stereocenters. The van der Waals surface area contributed by atoms with Gasteiger partial charge in [0, 0.05) is 0 Å². The van der Waals surface area contributed by atoms with Crippen LogP contribution in [0.4, 0.5) is 4.39 Å². The van der Waals surface area contributed by atoms with Crippen LogP contribution in [-0.4, -0.2) is 61.3 Å². The fraction of sp³-hybridized carbons (Fsp3) is 0.846. The largest absolute Gasteiger partial charge is 0.462 e. The Balaban J connectivity index is 3.50. The van der Waals surface area contributed by atoms with Crippen molar-refractivity contribution >= 4 is 23.9 Å². The van der Waals surface area contributed by atoms with Crippen molar-refractivity contribution in [3.05, 3.63) is 0 Å². The van der Waals surface area contributed by atoms with Gasteiger partial charge in [-0.25, -0.2) is 4.39 Å². The maximum Gasteiger partial charge on any atom is 0.311 e. The van der Waals surface area contributed by atoms with Crippen molar-refractivity contribution in [1.29, 1.82) is 0 Å². The first-order chi connectivity index (χ1) is 16.0. The number of rotatable bonds is 5. The average molecular weight is 519 g/mol. The van der Waals surface area contributed by atoms with Crippen LogP contribution in [0.2, 0.25) is 0 Å². The molecular weight excluding hydrogens is 475 g/mol. The van der Waals surface area contributed by atoms with E-state index in [9.17, 15) is 19.2 Å². The van der Waals surface area contributed by atoms with E-state index in [1.807, 2.05) is 0 Å². The molecule has 1 heterocycles. The minimum atomic E-state index is -2.25. The van der Waals surface area contributed by atoms with Gasteiger partial charge in [0.1, 0.15) is 12.7 Å². The van der Waals surface area contributed by atoms with Gasteiger partial charge in [0.05, 0.1) is 21.7 Å². The lowest BCUT2D eigenvalue weighted by molar-refractivity contribution is -0.283. The van der Waals surface area contributed by atoms with Gasteiger partial charge in [-0.3, -0.25) is 19.2 Å². The average Bonchev–Trinajstić information content (AvgIpc) is 2.67. The SMILES string of the molecule is CC(C)(C)C(=O)OC[C@@H]1O[C@@H](F)[C@@H](OC(=O)C(C)(C)C)[C@@H](OC(=O)C(C)(C)C)[C@H]1OC(=O)C(C)(C)C. The fourth-order valence-corrected chi connectivity index (χ4v) is 2.68. The quantitative estimate of drug-likeness (QED) is 0.391. The van der Waals surface area contributed by atoms with Gasteiger partial charge < -0.3 is 23.7 Å². The summed E-state index contributed by atoms with van der Waals surface area (Å²) in [6.07, 6.45) is -8.30. The molecule has 0 bridgehead atoms. The standard InChI is InChI=1S/C26H43FO9/c1-23(2,3)19(28)32-13-14-15(34-20(29)24(4,5)6)16(35-21(30)25(7,8)9)17(18(27)33-14)36-22(31)26(10,11)12/h14-18H,13H2,1-12H3/t14-,15-,16-,17-,18+/m0/s1. The Bertz CT molecular complexity index is 824. The summed E-state index contributed by atoms with van der Waals surface area (Å²) in [7, 11) is 0. The van der Waals surface area contributed by atoms with Crippen LogP contribution in [0, 0.1) is 21.7 Å². The van der Waals surface area contributed by atoms with Gasteiger partial charge in [0.15, 0.2) is 18.3 Å². The Morgan fingerprint density at radius 1 is 0.583 bits per heavy atom. The van der Waals surface area contributed by atoms with Crippen molar-refractivity contribution in [2.75, 3.05) is 6.61 Å². The van der Waals surface area contributed by atoms with E-state index in [4.69, 9.17) is 23.7 Å². The van der Waals surface area contributed by atoms with Gasteiger partial charge in [-0.15, -0.1) is 0 Å². The molecule has 36 heavy (non-hydrogen) atoms. The summed E-state index contributed by atoms with van der Waals surface area (Å²) >= 11 is 0. The predicted octanol–water partition coefficient (Wildman–Crippen LogP) is 4.14. The lowest BCUT2D eigenvalue weighted by atomic mass is 9.93. The smallest absolute Gasteiger partial charge is 0.311 e. The molecule has 0 aliphatic carbocycles. The third-order valence-corrected chi connectivity index (χ3v) is 5.13. The summed E-state index contributed by atoms with van der Waals surface area (Å²) in [4.78, 5) is 50.7. The number of hydrogen-bond acceptors (Lipinski definition) is 9. The Morgan fingerprint density at radius 2 is 0.917 bits per heavy atom. The molecule has 0 N–H and O–H groups in total. The maximum absolute atomic E-state index is 15.4. The molecule has 1 rings (SSSR count). The van der Waals surface area contributed by atoms with Crippen LogP contribution < -0.4 is 0 Å². The van der Waals surface area contributed by atoms with E-state index >= 15 is 4.39 Å². The number of carbonyl (C=O) groups is 4. The Hall–Kier alpha value is -2.23. The predicted molar refractivity (Wildman–Crippen MR) is 128 cm³/mol. The summed E-state index contributed by atoms with van der Waals surface area (Å²) in [5.41, 5.74) is -3.84. The van der Waals surface area contributed by atoms with Crippen molar-refractivity contribution in [3.8, 4) is 0 Å². The van der Waals surface area contributed by atoms with Crippen molar-refractivity contribution in [2.24, 2.45) is 21.7 Å². The van der Waals surface area contributed by atoms with E-state index in [1.165, 1.54) is 0 Å². The molecule has 0 aromatic rings. The fourth-order valence-electron chi connectivity index (χ4n) is 2.68. The molecule has 0 aromatic carbocycles. The summed E-state index contributed by atoms with van der Waals surface area (Å²) in [6, 6.07) is 0. The highest BCUT2D eigenvalue weighted by atomic mass is 19.1. The first kappa shape index (κ1) is 31.8. The summed E-state index contributed by atoms with van der Waals surface area (Å²) in [5.74, 6) is -2.79. The molecule has 0 aromatic heterocycles. The lowest BCUT2D eigenvalue weighted by Crippen LogP contribution is -2.62. The zero-order valence-electron chi connectivity index (χ0n) is 23.6. The van der Waals surface area contributed by atoms with Crippen LogP contribution >= 0.6 is 0 Å². The van der Waals surface area contributed by atoms with E-state index in [1.54, 1.807) is 83.1 Å². The molecule has 1 saturated heterocycles. The highest BCUT2D eigenvalue weighted by Crippen LogP contribution is 2.34. The van der Waals surface area contributed by atoms with Gasteiger partial charge in [0.2, 0.25) is 6.36 Å². The highest BCUT2D eigenvalue weighted by molar-refractivity contribution is 5.78. The van der Waals surface area contributed by atoms with E-state index in [2.05, 4.69) is 0 Å². The van der Waals surface area contributed by atoms with Crippen molar-refractivity contribution in [2.45, 2.75) is 114 Å². The summed E-state index contributed by atoms with van der Waals surface area (Å²) in [5, 5.41) is 0. The van der Waals surface area contributed by atoms with Gasteiger partial charge in [-0.1, -0.05) is 0 Å². The van der Waals surface area contributed by atoms with Gasteiger partial charge in [-0.2, -0.15) is 0 Å². The molecule has 1 fully saturated rings. The van der Waals surface area contributed by atoms with Crippen LogP contribution in [0.15, 0.2) is 0 Å². The van der Waals surface area contributed by atoms with Crippen LogP contribution in [0.5, 0.6) is 0 Å². The normalized spacial score (nSPS) is 25.5. The number of carbonyl (C=O) groups excluding carboxylic acids is 4. The molecule has 0 saturated carbocycles. The van der Waals surface area contributed by atoms with E-state index < -0.39 is 82.9 Å². The van der Waals surface area contributed by atoms with Gasteiger partial charge in [0.25, 0.3) is 0 Å². The van der Waals surface area contributed by atoms with Gasteiger partial charge >= 0.3 is 23.9 Å². The number of hydrogen-bond donors (Lipinski definition) is 0. The second kappa shape index (κ2) is 11.0.